The van der Waals surface area contributed by atoms with Gasteiger partial charge in [-0.3, -0.25) is 4.79 Å². The molecule has 5 rings (SSSR count). The highest BCUT2D eigenvalue weighted by atomic mass is 79.9. The molecule has 0 fully saturated rings. The molecule has 1 aliphatic carbocycles. The number of halogens is 1. The summed E-state index contributed by atoms with van der Waals surface area (Å²) in [5, 5.41) is 2.50. The summed E-state index contributed by atoms with van der Waals surface area (Å²) in [6, 6.07) is 21.3. The van der Waals surface area contributed by atoms with Gasteiger partial charge in [0.1, 0.15) is 0 Å². The van der Waals surface area contributed by atoms with E-state index in [1.165, 1.54) is 21.9 Å². The number of anilines is 1. The molecule has 0 bridgehead atoms. The van der Waals surface area contributed by atoms with Crippen LogP contribution in [0.1, 0.15) is 36.4 Å². The fourth-order valence-electron chi connectivity index (χ4n) is 4.91. The van der Waals surface area contributed by atoms with Gasteiger partial charge in [-0.15, -0.1) is 0 Å². The summed E-state index contributed by atoms with van der Waals surface area (Å²) in [4.78, 5) is 14.9. The maximum absolute atomic E-state index is 12.8. The number of benzene rings is 3. The first kappa shape index (κ1) is 16.8. The third kappa shape index (κ3) is 2.56. The third-order valence-electron chi connectivity index (χ3n) is 5.99. The third-order valence-corrected chi connectivity index (χ3v) is 6.52. The molecule has 3 aromatic carbocycles. The average molecular weight is 418 g/mol. The van der Waals surface area contributed by atoms with Gasteiger partial charge in [-0.2, -0.15) is 0 Å². The van der Waals surface area contributed by atoms with E-state index in [1.807, 2.05) is 4.90 Å². The fraction of sp³-hybridized carbons (Fsp3) is 0.208. The largest absolute Gasteiger partial charge is 0.305 e. The highest BCUT2D eigenvalue weighted by Gasteiger charge is 2.44. The first-order chi connectivity index (χ1) is 13.1. The van der Waals surface area contributed by atoms with E-state index in [1.54, 1.807) is 6.92 Å². The topological polar surface area (TPSA) is 20.3 Å². The lowest BCUT2D eigenvalue weighted by Crippen LogP contribution is -2.42. The molecule has 27 heavy (non-hydrogen) atoms. The second-order valence-electron chi connectivity index (χ2n) is 7.46. The Morgan fingerprint density at radius 2 is 1.81 bits per heavy atom. The summed E-state index contributed by atoms with van der Waals surface area (Å²) < 4.78 is 1.06. The van der Waals surface area contributed by atoms with Crippen LogP contribution >= 0.6 is 15.9 Å². The molecule has 0 aromatic heterocycles. The second-order valence-corrected chi connectivity index (χ2v) is 8.37. The van der Waals surface area contributed by atoms with Crippen molar-refractivity contribution in [2.24, 2.45) is 5.92 Å². The van der Waals surface area contributed by atoms with Crippen molar-refractivity contribution in [2.75, 3.05) is 4.90 Å². The minimum atomic E-state index is 0.0595. The molecule has 2 nitrogen and oxygen atoms in total. The smallest absolute Gasteiger partial charge is 0.224 e. The van der Waals surface area contributed by atoms with Gasteiger partial charge >= 0.3 is 0 Å². The van der Waals surface area contributed by atoms with E-state index in [0.717, 1.165) is 16.6 Å². The number of fused-ring (bicyclic) bond motifs is 5. The maximum atomic E-state index is 12.8. The Morgan fingerprint density at radius 1 is 1.04 bits per heavy atom. The number of nitrogens with zero attached hydrogens (tertiary/aromatic N) is 1. The van der Waals surface area contributed by atoms with Crippen LogP contribution in [0.15, 0.2) is 77.3 Å². The molecular formula is C24H20BrNO. The molecule has 2 aliphatic rings. The Hall–Kier alpha value is -2.39. The highest BCUT2D eigenvalue weighted by molar-refractivity contribution is 9.10. The van der Waals surface area contributed by atoms with Crippen LogP contribution in [0.5, 0.6) is 0 Å². The predicted molar refractivity (Wildman–Crippen MR) is 114 cm³/mol. The van der Waals surface area contributed by atoms with E-state index >= 15 is 0 Å². The van der Waals surface area contributed by atoms with Crippen LogP contribution in [-0.2, 0) is 4.79 Å². The fourth-order valence-corrected chi connectivity index (χ4v) is 5.18. The van der Waals surface area contributed by atoms with Gasteiger partial charge in [0.05, 0.1) is 6.04 Å². The van der Waals surface area contributed by atoms with Gasteiger partial charge in [0, 0.05) is 23.0 Å². The lowest BCUT2D eigenvalue weighted by Gasteiger charge is -2.44. The van der Waals surface area contributed by atoms with Gasteiger partial charge in [0.2, 0.25) is 5.91 Å². The summed E-state index contributed by atoms with van der Waals surface area (Å²) in [7, 11) is 0. The van der Waals surface area contributed by atoms with Gasteiger partial charge in [0.25, 0.3) is 0 Å². The van der Waals surface area contributed by atoms with Gasteiger partial charge < -0.3 is 4.90 Å². The van der Waals surface area contributed by atoms with Crippen molar-refractivity contribution >= 4 is 38.3 Å². The molecule has 1 amide bonds. The molecule has 0 spiro atoms. The lowest BCUT2D eigenvalue weighted by molar-refractivity contribution is -0.117. The van der Waals surface area contributed by atoms with E-state index in [4.69, 9.17) is 0 Å². The van der Waals surface area contributed by atoms with Gasteiger partial charge in [0.15, 0.2) is 0 Å². The zero-order valence-corrected chi connectivity index (χ0v) is 16.7. The van der Waals surface area contributed by atoms with Crippen molar-refractivity contribution in [3.8, 4) is 0 Å². The zero-order valence-electron chi connectivity index (χ0n) is 15.1. The van der Waals surface area contributed by atoms with Crippen molar-refractivity contribution < 1.29 is 4.79 Å². The number of allylic oxidation sites excluding steroid dienone is 2. The van der Waals surface area contributed by atoms with Crippen LogP contribution in [-0.4, -0.2) is 5.91 Å². The van der Waals surface area contributed by atoms with Gasteiger partial charge in [-0.05, 0) is 52.4 Å². The van der Waals surface area contributed by atoms with Crippen molar-refractivity contribution in [3.63, 3.8) is 0 Å². The summed E-state index contributed by atoms with van der Waals surface area (Å²) >= 11 is 3.53. The molecular weight excluding hydrogens is 398 g/mol. The minimum Gasteiger partial charge on any atom is -0.305 e. The summed E-state index contributed by atoms with van der Waals surface area (Å²) in [5.41, 5.74) is 3.56. The average Bonchev–Trinajstić information content (AvgIpc) is 3.16. The second kappa shape index (κ2) is 6.35. The monoisotopic (exact) mass is 417 g/mol. The number of carbonyl (C=O) groups excluding carboxylic acids is 1. The Balaban J connectivity index is 1.78. The van der Waals surface area contributed by atoms with E-state index < -0.39 is 0 Å². The van der Waals surface area contributed by atoms with Gasteiger partial charge in [-0.1, -0.05) is 70.5 Å². The summed E-state index contributed by atoms with van der Waals surface area (Å²) in [5.74, 6) is 0.813. The SMILES string of the molecule is CC(=O)N1c2ccc3ccccc3c2[C@@H]2C=CC[C@H]2[C@H]1c1ccc(Br)cc1. The zero-order chi connectivity index (χ0) is 18.5. The van der Waals surface area contributed by atoms with Crippen molar-refractivity contribution in [3.05, 3.63) is 88.4 Å². The number of carbonyl (C=O) groups is 1. The Kier molecular flexibility index (Phi) is 3.94. The Morgan fingerprint density at radius 3 is 2.59 bits per heavy atom. The molecule has 1 heterocycles. The Bertz CT molecular complexity index is 1070. The minimum absolute atomic E-state index is 0.0595. The molecule has 0 N–H and O–H groups in total. The van der Waals surface area contributed by atoms with Crippen LogP contribution in [0.3, 0.4) is 0 Å². The molecule has 1 aliphatic heterocycles. The van der Waals surface area contributed by atoms with Crippen LogP contribution in [0.25, 0.3) is 10.8 Å². The number of rotatable bonds is 1. The van der Waals surface area contributed by atoms with Crippen LogP contribution in [0, 0.1) is 5.92 Å². The molecule has 0 unspecified atom stereocenters. The van der Waals surface area contributed by atoms with E-state index in [0.29, 0.717) is 11.8 Å². The van der Waals surface area contributed by atoms with Crippen molar-refractivity contribution in [1.29, 1.82) is 0 Å². The standard InChI is InChI=1S/C24H20BrNO/c1-15(27)26-22-14-11-16-5-2-3-6-19(16)23(22)20-7-4-8-21(20)24(26)17-9-12-18(25)13-10-17/h2-7,9-14,20-21,24H,8H2,1H3/t20-,21-,24-/m1/s1. The molecule has 0 saturated carbocycles. The van der Waals surface area contributed by atoms with Crippen LogP contribution in [0.4, 0.5) is 5.69 Å². The number of hydrogen-bond donors (Lipinski definition) is 0. The molecule has 3 atom stereocenters. The first-order valence-corrected chi connectivity index (χ1v) is 10.2. The molecule has 0 radical (unpaired) electrons. The molecule has 134 valence electrons. The normalized spacial score (nSPS) is 23.3. The Labute approximate surface area is 167 Å². The van der Waals surface area contributed by atoms with E-state index in [9.17, 15) is 4.79 Å². The molecule has 3 heteroatoms. The van der Waals surface area contributed by atoms with E-state index in [-0.39, 0.29) is 11.9 Å². The maximum Gasteiger partial charge on any atom is 0.224 e. The molecule has 0 saturated heterocycles. The lowest BCUT2D eigenvalue weighted by atomic mass is 9.74. The number of amides is 1. The first-order valence-electron chi connectivity index (χ1n) is 9.39. The predicted octanol–water partition coefficient (Wildman–Crippen LogP) is 6.37. The summed E-state index contributed by atoms with van der Waals surface area (Å²) in [6.45, 7) is 1.69. The van der Waals surface area contributed by atoms with Gasteiger partial charge in [-0.25, -0.2) is 0 Å². The van der Waals surface area contributed by atoms with Crippen LogP contribution < -0.4 is 4.90 Å². The number of hydrogen-bond acceptors (Lipinski definition) is 1. The highest BCUT2D eigenvalue weighted by Crippen LogP contribution is 2.54. The van der Waals surface area contributed by atoms with Crippen LogP contribution in [0.2, 0.25) is 0 Å². The van der Waals surface area contributed by atoms with E-state index in [2.05, 4.69) is 88.7 Å². The molecule has 3 aromatic rings. The van der Waals surface area contributed by atoms with Crippen molar-refractivity contribution in [1.82, 2.24) is 0 Å². The summed E-state index contributed by atoms with van der Waals surface area (Å²) in [6.07, 6.45) is 5.63. The van der Waals surface area contributed by atoms with Crippen molar-refractivity contribution in [2.45, 2.75) is 25.3 Å². The quantitative estimate of drug-likeness (QED) is 0.421.